The maximum absolute atomic E-state index is 2.39. The Morgan fingerprint density at radius 1 is 1.23 bits per heavy atom. The third-order valence-corrected chi connectivity index (χ3v) is 3.83. The minimum absolute atomic E-state index is 0.757. The second kappa shape index (κ2) is 3.32. The molecule has 0 bridgehead atoms. The zero-order chi connectivity index (χ0) is 9.42. The molecule has 0 saturated carbocycles. The van der Waals surface area contributed by atoms with E-state index in [1.165, 1.54) is 19.3 Å². The van der Waals surface area contributed by atoms with Crippen LogP contribution < -0.4 is 0 Å². The minimum atomic E-state index is 0.757. The van der Waals surface area contributed by atoms with Crippen molar-refractivity contribution >= 4 is 0 Å². The molecule has 0 fully saturated rings. The van der Waals surface area contributed by atoms with Gasteiger partial charge in [0, 0.05) is 0 Å². The Kier molecular flexibility index (Phi) is 2.31. The average molecular weight is 176 g/mol. The first-order chi connectivity index (χ1) is 6.18. The molecule has 0 heterocycles. The lowest BCUT2D eigenvalue weighted by molar-refractivity contribution is 0.427. The van der Waals surface area contributed by atoms with Gasteiger partial charge >= 0.3 is 0 Å². The summed E-state index contributed by atoms with van der Waals surface area (Å²) in [6, 6.07) is 0. The fourth-order valence-electron chi connectivity index (χ4n) is 2.62. The van der Waals surface area contributed by atoms with Crippen LogP contribution in [0.2, 0.25) is 0 Å². The van der Waals surface area contributed by atoms with Crippen LogP contribution in [0.3, 0.4) is 0 Å². The van der Waals surface area contributed by atoms with Gasteiger partial charge in [0.2, 0.25) is 0 Å². The number of allylic oxidation sites excluding steroid dienone is 4. The van der Waals surface area contributed by atoms with Crippen molar-refractivity contribution in [1.29, 1.82) is 0 Å². The molecule has 2 aliphatic carbocycles. The molecule has 2 rings (SSSR count). The summed E-state index contributed by atoms with van der Waals surface area (Å²) in [5.41, 5.74) is 3.41. The minimum Gasteiger partial charge on any atom is -0.0808 e. The fourth-order valence-corrected chi connectivity index (χ4v) is 2.62. The summed E-state index contributed by atoms with van der Waals surface area (Å²) in [5, 5.41) is 0. The molecule has 0 aromatic rings. The molecular formula is C13H20. The molecule has 0 aliphatic heterocycles. The molecular weight excluding hydrogens is 156 g/mol. The summed E-state index contributed by atoms with van der Waals surface area (Å²) in [6.07, 6.45) is 8.86. The third-order valence-electron chi connectivity index (χ3n) is 3.83. The van der Waals surface area contributed by atoms with Crippen molar-refractivity contribution in [1.82, 2.24) is 0 Å². The van der Waals surface area contributed by atoms with E-state index in [1.54, 1.807) is 11.1 Å². The van der Waals surface area contributed by atoms with Crippen molar-refractivity contribution < 1.29 is 0 Å². The zero-order valence-corrected chi connectivity index (χ0v) is 9.01. The maximum Gasteiger partial charge on any atom is -0.0165 e. The van der Waals surface area contributed by atoms with Crippen LogP contribution >= 0.6 is 0 Å². The first-order valence-electron chi connectivity index (χ1n) is 5.58. The standard InChI is InChI=1S/C13H20/c1-9-4-7-13-11(3)10(2)5-6-12(13)8-9/h5-6,9-11H,4,7-8H2,1-3H3. The van der Waals surface area contributed by atoms with Crippen LogP contribution in [0.1, 0.15) is 40.0 Å². The molecule has 0 saturated heterocycles. The molecule has 0 radical (unpaired) electrons. The number of hydrogen-bond acceptors (Lipinski definition) is 0. The fraction of sp³-hybridized carbons (Fsp3) is 0.692. The van der Waals surface area contributed by atoms with Gasteiger partial charge in [-0.05, 0) is 42.6 Å². The highest BCUT2D eigenvalue weighted by molar-refractivity contribution is 5.34. The van der Waals surface area contributed by atoms with Gasteiger partial charge in [0.25, 0.3) is 0 Å². The normalized spacial score (nSPS) is 39.2. The van der Waals surface area contributed by atoms with E-state index in [9.17, 15) is 0 Å². The monoisotopic (exact) mass is 176 g/mol. The lowest BCUT2D eigenvalue weighted by Gasteiger charge is -2.32. The van der Waals surface area contributed by atoms with Crippen molar-refractivity contribution in [3.63, 3.8) is 0 Å². The number of rotatable bonds is 0. The van der Waals surface area contributed by atoms with Gasteiger partial charge in [-0.15, -0.1) is 0 Å². The SMILES string of the molecule is CC1CCC2=C(C=CC(C)C2C)C1. The van der Waals surface area contributed by atoms with Gasteiger partial charge in [0.15, 0.2) is 0 Å². The third kappa shape index (κ3) is 1.59. The van der Waals surface area contributed by atoms with Gasteiger partial charge < -0.3 is 0 Å². The van der Waals surface area contributed by atoms with E-state index in [-0.39, 0.29) is 0 Å². The first kappa shape index (κ1) is 9.05. The van der Waals surface area contributed by atoms with E-state index < -0.39 is 0 Å². The summed E-state index contributed by atoms with van der Waals surface area (Å²) in [4.78, 5) is 0. The Morgan fingerprint density at radius 3 is 2.77 bits per heavy atom. The van der Waals surface area contributed by atoms with Crippen LogP contribution in [-0.4, -0.2) is 0 Å². The second-order valence-electron chi connectivity index (χ2n) is 4.91. The number of hydrogen-bond donors (Lipinski definition) is 0. The molecule has 0 heteroatoms. The van der Waals surface area contributed by atoms with Crippen LogP contribution in [0.5, 0.6) is 0 Å². The molecule has 0 aromatic carbocycles. The van der Waals surface area contributed by atoms with E-state index in [0.29, 0.717) is 0 Å². The molecule has 0 nitrogen and oxygen atoms in total. The van der Waals surface area contributed by atoms with Crippen molar-refractivity contribution in [2.75, 3.05) is 0 Å². The molecule has 0 spiro atoms. The highest BCUT2D eigenvalue weighted by atomic mass is 14.3. The Bertz CT molecular complexity index is 257. The Labute approximate surface area is 81.7 Å². The highest BCUT2D eigenvalue weighted by Gasteiger charge is 2.25. The van der Waals surface area contributed by atoms with Gasteiger partial charge in [-0.2, -0.15) is 0 Å². The molecule has 72 valence electrons. The van der Waals surface area contributed by atoms with Crippen LogP contribution in [0.15, 0.2) is 23.3 Å². The van der Waals surface area contributed by atoms with E-state index in [1.807, 2.05) is 0 Å². The summed E-state index contributed by atoms with van der Waals surface area (Å²) < 4.78 is 0. The van der Waals surface area contributed by atoms with Crippen LogP contribution in [0.4, 0.5) is 0 Å². The van der Waals surface area contributed by atoms with E-state index in [4.69, 9.17) is 0 Å². The molecule has 3 atom stereocenters. The van der Waals surface area contributed by atoms with E-state index in [0.717, 1.165) is 17.8 Å². The Hall–Kier alpha value is -0.520. The predicted molar refractivity (Wildman–Crippen MR) is 57.5 cm³/mol. The molecule has 0 N–H and O–H groups in total. The van der Waals surface area contributed by atoms with Gasteiger partial charge in [-0.1, -0.05) is 38.5 Å². The molecule has 2 aliphatic rings. The first-order valence-corrected chi connectivity index (χ1v) is 5.58. The maximum atomic E-state index is 2.39. The Morgan fingerprint density at radius 2 is 2.00 bits per heavy atom. The quantitative estimate of drug-likeness (QED) is 0.524. The average Bonchev–Trinajstić information content (AvgIpc) is 2.12. The largest absolute Gasteiger partial charge is 0.0808 e. The molecule has 0 aromatic heterocycles. The summed E-state index contributed by atoms with van der Waals surface area (Å²) in [5.74, 6) is 2.46. The Balaban J connectivity index is 2.26. The van der Waals surface area contributed by atoms with Crippen molar-refractivity contribution in [2.24, 2.45) is 17.8 Å². The molecule has 3 unspecified atom stereocenters. The molecule has 13 heavy (non-hydrogen) atoms. The van der Waals surface area contributed by atoms with Crippen molar-refractivity contribution in [3.8, 4) is 0 Å². The second-order valence-corrected chi connectivity index (χ2v) is 4.91. The predicted octanol–water partition coefficient (Wildman–Crippen LogP) is 3.95. The van der Waals surface area contributed by atoms with Gasteiger partial charge in [-0.25, -0.2) is 0 Å². The zero-order valence-electron chi connectivity index (χ0n) is 9.01. The molecule has 0 amide bonds. The summed E-state index contributed by atoms with van der Waals surface area (Å²) in [7, 11) is 0. The van der Waals surface area contributed by atoms with Gasteiger partial charge in [-0.3, -0.25) is 0 Å². The topological polar surface area (TPSA) is 0 Å². The van der Waals surface area contributed by atoms with Crippen molar-refractivity contribution in [2.45, 2.75) is 40.0 Å². The smallest absolute Gasteiger partial charge is 0.0165 e. The van der Waals surface area contributed by atoms with Gasteiger partial charge in [0.05, 0.1) is 0 Å². The highest BCUT2D eigenvalue weighted by Crippen LogP contribution is 2.39. The van der Waals surface area contributed by atoms with Crippen LogP contribution in [0, 0.1) is 17.8 Å². The van der Waals surface area contributed by atoms with Crippen molar-refractivity contribution in [3.05, 3.63) is 23.3 Å². The lowest BCUT2D eigenvalue weighted by Crippen LogP contribution is -2.19. The van der Waals surface area contributed by atoms with E-state index >= 15 is 0 Å². The van der Waals surface area contributed by atoms with Gasteiger partial charge in [0.1, 0.15) is 0 Å². The van der Waals surface area contributed by atoms with E-state index in [2.05, 4.69) is 32.9 Å². The lowest BCUT2D eigenvalue weighted by atomic mass is 9.73. The van der Waals surface area contributed by atoms with Crippen LogP contribution in [0.25, 0.3) is 0 Å². The summed E-state index contributed by atoms with van der Waals surface area (Å²) in [6.45, 7) is 7.10. The van der Waals surface area contributed by atoms with Crippen LogP contribution in [-0.2, 0) is 0 Å². The summed E-state index contributed by atoms with van der Waals surface area (Å²) >= 11 is 0.